The predicted octanol–water partition coefficient (Wildman–Crippen LogP) is 2.60. The average molecular weight is 279 g/mol. The molecule has 0 aliphatic heterocycles. The smallest absolute Gasteiger partial charge is 0.278 e. The first-order chi connectivity index (χ1) is 10.3. The first-order valence-electron chi connectivity index (χ1n) is 7.16. The van der Waals surface area contributed by atoms with E-state index in [-0.39, 0.29) is 5.56 Å². The molecule has 0 fully saturated rings. The van der Waals surface area contributed by atoms with E-state index in [1.54, 1.807) is 23.2 Å². The minimum Gasteiger partial charge on any atom is -0.313 e. The topological polar surface area (TPSA) is 47.8 Å². The lowest BCUT2D eigenvalue weighted by molar-refractivity contribution is 0.673. The third kappa shape index (κ3) is 2.84. The summed E-state index contributed by atoms with van der Waals surface area (Å²) in [5.41, 5.74) is 3.56. The van der Waals surface area contributed by atoms with Crippen molar-refractivity contribution in [3.8, 4) is 0 Å². The lowest BCUT2D eigenvalue weighted by Gasteiger charge is -2.07. The summed E-state index contributed by atoms with van der Waals surface area (Å²) in [6, 6.07) is 10.4. The second-order valence-corrected chi connectivity index (χ2v) is 5.02. The van der Waals surface area contributed by atoms with Crippen molar-refractivity contribution >= 4 is 11.0 Å². The number of aromatic nitrogens is 3. The number of hydrogen-bond acceptors (Lipinski definition) is 3. The van der Waals surface area contributed by atoms with Gasteiger partial charge in [-0.3, -0.25) is 9.78 Å². The van der Waals surface area contributed by atoms with E-state index in [2.05, 4.69) is 41.2 Å². The number of fused-ring (bicyclic) bond motifs is 1. The van der Waals surface area contributed by atoms with Crippen LogP contribution in [0.5, 0.6) is 0 Å². The molecule has 21 heavy (non-hydrogen) atoms. The van der Waals surface area contributed by atoms with Crippen molar-refractivity contribution in [1.29, 1.82) is 0 Å². The van der Waals surface area contributed by atoms with E-state index >= 15 is 0 Å². The highest BCUT2D eigenvalue weighted by Gasteiger charge is 2.04. The largest absolute Gasteiger partial charge is 0.313 e. The molecule has 3 rings (SSSR count). The maximum atomic E-state index is 12.3. The van der Waals surface area contributed by atoms with Crippen molar-refractivity contribution in [3.63, 3.8) is 0 Å². The molecule has 0 unspecified atom stereocenters. The Morgan fingerprint density at radius 1 is 1.00 bits per heavy atom. The van der Waals surface area contributed by atoms with Crippen molar-refractivity contribution in [3.05, 3.63) is 70.4 Å². The van der Waals surface area contributed by atoms with Crippen LogP contribution in [0.4, 0.5) is 0 Å². The molecule has 0 spiro atoms. The number of aryl methyl sites for hydroxylation is 3. The number of pyridine rings is 1. The van der Waals surface area contributed by atoms with E-state index in [1.807, 2.05) is 6.07 Å². The Labute approximate surface area is 123 Å². The predicted molar refractivity (Wildman–Crippen MR) is 83.3 cm³/mol. The maximum Gasteiger partial charge on any atom is 0.278 e. The van der Waals surface area contributed by atoms with E-state index in [1.165, 1.54) is 11.1 Å². The van der Waals surface area contributed by atoms with Gasteiger partial charge in [0.25, 0.3) is 5.56 Å². The third-order valence-electron chi connectivity index (χ3n) is 3.67. The van der Waals surface area contributed by atoms with Gasteiger partial charge in [-0.2, -0.15) is 0 Å². The van der Waals surface area contributed by atoms with Crippen LogP contribution in [0.25, 0.3) is 11.0 Å². The van der Waals surface area contributed by atoms with Crippen LogP contribution >= 0.6 is 0 Å². The summed E-state index contributed by atoms with van der Waals surface area (Å²) in [7, 11) is 0. The number of nitrogens with zero attached hydrogens (tertiary/aromatic N) is 3. The minimum atomic E-state index is -0.0780. The van der Waals surface area contributed by atoms with Crippen molar-refractivity contribution in [2.75, 3.05) is 0 Å². The zero-order valence-electron chi connectivity index (χ0n) is 12.0. The van der Waals surface area contributed by atoms with Crippen LogP contribution < -0.4 is 5.56 Å². The fourth-order valence-electron chi connectivity index (χ4n) is 2.37. The Morgan fingerprint density at radius 2 is 1.71 bits per heavy atom. The zero-order chi connectivity index (χ0) is 14.7. The highest BCUT2D eigenvalue weighted by atomic mass is 16.1. The van der Waals surface area contributed by atoms with E-state index in [4.69, 9.17) is 0 Å². The van der Waals surface area contributed by atoms with Crippen molar-refractivity contribution in [2.24, 2.45) is 0 Å². The second-order valence-electron chi connectivity index (χ2n) is 5.02. The minimum absolute atomic E-state index is 0.0780. The Kier molecular flexibility index (Phi) is 3.77. The fourth-order valence-corrected chi connectivity index (χ4v) is 2.37. The molecule has 0 aliphatic carbocycles. The molecule has 0 amide bonds. The normalized spacial score (nSPS) is 10.9. The summed E-state index contributed by atoms with van der Waals surface area (Å²) in [6.07, 6.45) is 6.82. The van der Waals surface area contributed by atoms with Gasteiger partial charge >= 0.3 is 0 Å². The quantitative estimate of drug-likeness (QED) is 0.737. The molecule has 2 aromatic heterocycles. The first kappa shape index (κ1) is 13.5. The first-order valence-corrected chi connectivity index (χ1v) is 7.16. The molecular formula is C17H17N3O. The van der Waals surface area contributed by atoms with Crippen LogP contribution in [-0.4, -0.2) is 14.5 Å². The number of hydrogen-bond donors (Lipinski definition) is 0. The molecule has 106 valence electrons. The monoisotopic (exact) mass is 279 g/mol. The fraction of sp³-hybridized carbons (Fsp3) is 0.235. The standard InChI is InChI=1S/C17H17N3O/c1-2-13-3-5-14(6-4-13)7-11-20-12-8-15-16(17(20)21)19-10-9-18-15/h3-6,8-10,12H,2,7,11H2,1H3. The molecule has 0 atom stereocenters. The van der Waals surface area contributed by atoms with Crippen LogP contribution in [-0.2, 0) is 19.4 Å². The average Bonchev–Trinajstić information content (AvgIpc) is 2.55. The van der Waals surface area contributed by atoms with Crippen molar-refractivity contribution in [1.82, 2.24) is 14.5 Å². The Balaban J connectivity index is 1.81. The summed E-state index contributed by atoms with van der Waals surface area (Å²) in [5, 5.41) is 0. The van der Waals surface area contributed by atoms with Gasteiger partial charge in [0.2, 0.25) is 0 Å². The summed E-state index contributed by atoms with van der Waals surface area (Å²) in [6.45, 7) is 2.79. The molecule has 0 N–H and O–H groups in total. The van der Waals surface area contributed by atoms with E-state index < -0.39 is 0 Å². The molecule has 0 bridgehead atoms. The van der Waals surface area contributed by atoms with E-state index in [0.717, 1.165) is 12.8 Å². The van der Waals surface area contributed by atoms with Gasteiger partial charge in [0, 0.05) is 25.1 Å². The zero-order valence-corrected chi connectivity index (χ0v) is 12.0. The van der Waals surface area contributed by atoms with Gasteiger partial charge in [-0.1, -0.05) is 31.2 Å². The highest BCUT2D eigenvalue weighted by molar-refractivity contribution is 5.71. The van der Waals surface area contributed by atoms with Crippen LogP contribution in [0.1, 0.15) is 18.1 Å². The number of benzene rings is 1. The van der Waals surface area contributed by atoms with Crippen LogP contribution in [0.3, 0.4) is 0 Å². The Bertz CT molecular complexity index is 806. The summed E-state index contributed by atoms with van der Waals surface area (Å²) in [4.78, 5) is 20.6. The van der Waals surface area contributed by atoms with Crippen LogP contribution in [0.2, 0.25) is 0 Å². The molecule has 0 aliphatic rings. The van der Waals surface area contributed by atoms with Gasteiger partial charge < -0.3 is 4.57 Å². The van der Waals surface area contributed by atoms with Gasteiger partial charge in [-0.15, -0.1) is 0 Å². The highest BCUT2D eigenvalue weighted by Crippen LogP contribution is 2.07. The Hall–Kier alpha value is -2.49. The van der Waals surface area contributed by atoms with Gasteiger partial charge in [0.1, 0.15) is 0 Å². The van der Waals surface area contributed by atoms with Crippen LogP contribution in [0, 0.1) is 0 Å². The molecule has 0 saturated carbocycles. The molecule has 1 aromatic carbocycles. The van der Waals surface area contributed by atoms with Crippen molar-refractivity contribution in [2.45, 2.75) is 26.3 Å². The number of rotatable bonds is 4. The second kappa shape index (κ2) is 5.87. The van der Waals surface area contributed by atoms with E-state index in [0.29, 0.717) is 17.6 Å². The molecule has 4 nitrogen and oxygen atoms in total. The molecule has 2 heterocycles. The van der Waals surface area contributed by atoms with E-state index in [9.17, 15) is 4.79 Å². The lowest BCUT2D eigenvalue weighted by Crippen LogP contribution is -2.21. The summed E-state index contributed by atoms with van der Waals surface area (Å²) < 4.78 is 1.70. The molecule has 0 radical (unpaired) electrons. The molecule has 4 heteroatoms. The maximum absolute atomic E-state index is 12.3. The lowest BCUT2D eigenvalue weighted by atomic mass is 10.1. The summed E-state index contributed by atoms with van der Waals surface area (Å²) in [5.74, 6) is 0. The Morgan fingerprint density at radius 3 is 2.48 bits per heavy atom. The summed E-state index contributed by atoms with van der Waals surface area (Å²) >= 11 is 0. The van der Waals surface area contributed by atoms with Gasteiger partial charge in [0.15, 0.2) is 5.52 Å². The van der Waals surface area contributed by atoms with Crippen LogP contribution in [0.15, 0.2) is 53.7 Å². The molecular weight excluding hydrogens is 262 g/mol. The SMILES string of the molecule is CCc1ccc(CCn2ccc3nccnc3c2=O)cc1. The van der Waals surface area contributed by atoms with Gasteiger partial charge in [0.05, 0.1) is 5.52 Å². The van der Waals surface area contributed by atoms with Crippen molar-refractivity contribution < 1.29 is 0 Å². The molecule has 3 aromatic rings. The third-order valence-corrected chi connectivity index (χ3v) is 3.67. The van der Waals surface area contributed by atoms with Gasteiger partial charge in [-0.25, -0.2) is 4.98 Å². The van der Waals surface area contributed by atoms with Gasteiger partial charge in [-0.05, 0) is 30.0 Å². The molecule has 0 saturated heterocycles.